The molecule has 4 aliphatic carbocycles. The number of amides is 3. The van der Waals surface area contributed by atoms with E-state index in [1.165, 1.54) is 25.5 Å². The zero-order valence-corrected chi connectivity index (χ0v) is 28.7. The third kappa shape index (κ3) is 6.56. The van der Waals surface area contributed by atoms with Gasteiger partial charge in [-0.1, -0.05) is 6.07 Å². The molecule has 2 aliphatic heterocycles. The average molecular weight is 668 g/mol. The van der Waals surface area contributed by atoms with Gasteiger partial charge in [-0.05, 0) is 126 Å². The number of aliphatic hydroxyl groups is 1. The minimum atomic E-state index is -2.43. The van der Waals surface area contributed by atoms with Crippen LogP contribution in [0.4, 0.5) is 4.79 Å². The van der Waals surface area contributed by atoms with Crippen LogP contribution in [0.1, 0.15) is 78.1 Å². The normalized spacial score (nSPS) is 29.4. The first-order valence-corrected chi connectivity index (χ1v) is 19.0. The van der Waals surface area contributed by atoms with E-state index >= 15 is 0 Å². The van der Waals surface area contributed by atoms with Gasteiger partial charge < -0.3 is 29.1 Å². The lowest BCUT2D eigenvalue weighted by atomic mass is 9.49. The summed E-state index contributed by atoms with van der Waals surface area (Å²) in [4.78, 5) is 33.4. The number of likely N-dealkylation sites (tertiary alicyclic amines) is 2. The second-order valence-electron chi connectivity index (χ2n) is 15.7. The molecule has 6 fully saturated rings. The summed E-state index contributed by atoms with van der Waals surface area (Å²) in [7, 11) is 0. The number of hydrogen-bond donors (Lipinski definition) is 1. The zero-order valence-electron chi connectivity index (χ0n) is 27.9. The van der Waals surface area contributed by atoms with E-state index in [9.17, 15) is 23.5 Å². The summed E-state index contributed by atoms with van der Waals surface area (Å²) < 4.78 is 30.0. The van der Waals surface area contributed by atoms with E-state index in [2.05, 4.69) is 4.90 Å². The predicted octanol–water partition coefficient (Wildman–Crippen LogP) is 5.02. The van der Waals surface area contributed by atoms with Crippen molar-refractivity contribution in [3.05, 3.63) is 30.5 Å². The van der Waals surface area contributed by atoms with Gasteiger partial charge in [0.1, 0.15) is 18.5 Å². The fraction of sp³-hybridized carbons (Fsp3) is 0.722. The van der Waals surface area contributed by atoms with Crippen molar-refractivity contribution >= 4 is 34.1 Å². The molecule has 2 aromatic rings. The Kier molecular flexibility index (Phi) is 9.34. The topological polar surface area (TPSA) is 118 Å². The Labute approximate surface area is 281 Å². The van der Waals surface area contributed by atoms with Gasteiger partial charge in [0.25, 0.3) is 0 Å². The van der Waals surface area contributed by atoms with Crippen molar-refractivity contribution in [2.24, 2.45) is 35.0 Å². The van der Waals surface area contributed by atoms with Crippen LogP contribution in [-0.2, 0) is 16.1 Å². The summed E-state index contributed by atoms with van der Waals surface area (Å²) in [5, 5.41) is 11.5. The number of nitrogens with zero attached hydrogens (tertiary/aromatic N) is 4. The second kappa shape index (κ2) is 13.3. The number of piperidine rings is 2. The molecule has 4 saturated carbocycles. The van der Waals surface area contributed by atoms with Gasteiger partial charge in [-0.15, -0.1) is 0 Å². The van der Waals surface area contributed by atoms with Crippen LogP contribution >= 0.6 is 0 Å². The van der Waals surface area contributed by atoms with Crippen molar-refractivity contribution in [1.82, 2.24) is 18.7 Å². The van der Waals surface area contributed by atoms with Crippen molar-refractivity contribution in [3.63, 3.8) is 0 Å². The fourth-order valence-electron chi connectivity index (χ4n) is 10.4. The van der Waals surface area contributed by atoms with Crippen LogP contribution in [-0.4, -0.2) is 96.0 Å². The molecule has 10 nitrogen and oxygen atoms in total. The summed E-state index contributed by atoms with van der Waals surface area (Å²) in [6.07, 6.45) is 12.2. The van der Waals surface area contributed by atoms with E-state index in [4.69, 9.17) is 4.74 Å². The van der Waals surface area contributed by atoms with Crippen LogP contribution in [0.15, 0.2) is 30.5 Å². The molecule has 2 unspecified atom stereocenters. The van der Waals surface area contributed by atoms with E-state index in [0.29, 0.717) is 47.5 Å². The van der Waals surface area contributed by atoms with Crippen molar-refractivity contribution in [2.45, 2.75) is 90.2 Å². The molecule has 0 radical (unpaired) electrons. The molecule has 2 saturated heterocycles. The maximum atomic E-state index is 13.9. The third-order valence-electron chi connectivity index (χ3n) is 12.3. The van der Waals surface area contributed by atoms with Gasteiger partial charge in [-0.2, -0.15) is 0 Å². The average Bonchev–Trinajstić information content (AvgIpc) is 3.50. The van der Waals surface area contributed by atoms with Crippen LogP contribution in [0.5, 0.6) is 5.75 Å². The maximum absolute atomic E-state index is 13.9. The monoisotopic (exact) mass is 667 g/mol. The Balaban J connectivity index is 0.876. The van der Waals surface area contributed by atoms with Crippen LogP contribution in [0, 0.1) is 35.0 Å². The van der Waals surface area contributed by atoms with Crippen molar-refractivity contribution in [2.75, 3.05) is 39.3 Å². The Bertz CT molecular complexity index is 1440. The lowest BCUT2D eigenvalue weighted by Gasteiger charge is -2.57. The van der Waals surface area contributed by atoms with Gasteiger partial charge in [0.15, 0.2) is 0 Å². The Hall–Kier alpha value is -2.63. The quantitative estimate of drug-likeness (QED) is 0.376. The number of carbonyl (C=O) groups excluding carboxylic acids is 2. The van der Waals surface area contributed by atoms with E-state index in [1.807, 2.05) is 18.7 Å². The van der Waals surface area contributed by atoms with Crippen LogP contribution in [0.2, 0.25) is 0 Å². The molecular formula is C36H51N4O6S-. The first kappa shape index (κ1) is 32.9. The first-order chi connectivity index (χ1) is 22.6. The molecular weight excluding hydrogens is 616 g/mol. The van der Waals surface area contributed by atoms with E-state index < -0.39 is 17.4 Å². The van der Waals surface area contributed by atoms with Gasteiger partial charge >= 0.3 is 6.03 Å². The van der Waals surface area contributed by atoms with E-state index in [-0.39, 0.29) is 30.6 Å². The molecule has 0 spiro atoms. The molecule has 1 aromatic heterocycles. The van der Waals surface area contributed by atoms with Crippen molar-refractivity contribution in [3.8, 4) is 5.75 Å². The number of urea groups is 1. The first-order valence-electron chi connectivity index (χ1n) is 18.0. The summed E-state index contributed by atoms with van der Waals surface area (Å²) >= 11 is -2.43. The molecule has 1 aromatic carbocycles. The van der Waals surface area contributed by atoms with Gasteiger partial charge in [0.2, 0.25) is 5.91 Å². The second-order valence-corrected chi connectivity index (χ2v) is 16.5. The Morgan fingerprint density at radius 3 is 2.09 bits per heavy atom. The summed E-state index contributed by atoms with van der Waals surface area (Å²) in [6.45, 7) is 7.26. The SMILES string of the molecule is CC(C)N(CC(O)COc1cccc2c1ccn2S(=O)[O-])C(=O)N1CCC(C2CCN(C(=O)C34CC5CC(CC(C5)C3)C4)CC2)CC1. The van der Waals surface area contributed by atoms with E-state index in [1.54, 1.807) is 29.2 Å². The number of benzene rings is 1. The van der Waals surface area contributed by atoms with Crippen LogP contribution < -0.4 is 4.74 Å². The number of aromatic nitrogens is 1. The van der Waals surface area contributed by atoms with E-state index in [0.717, 1.165) is 79.8 Å². The molecule has 8 rings (SSSR count). The molecule has 3 heterocycles. The molecule has 47 heavy (non-hydrogen) atoms. The fourth-order valence-corrected chi connectivity index (χ4v) is 10.9. The van der Waals surface area contributed by atoms with Crippen molar-refractivity contribution in [1.29, 1.82) is 0 Å². The Morgan fingerprint density at radius 1 is 0.957 bits per heavy atom. The highest BCUT2D eigenvalue weighted by Crippen LogP contribution is 2.60. The number of hydrogen-bond acceptors (Lipinski definition) is 6. The number of aliphatic hydroxyl groups excluding tert-OH is 1. The molecule has 11 heteroatoms. The number of rotatable bonds is 9. The standard InChI is InChI=1S/C36H52N4O6S/c1-24(2)39(22-30(41)23-46-33-5-3-4-32-31(33)10-15-40(32)47(44)45)35(43)38-13-8-29(9-14-38)28-6-11-37(12-7-28)34(42)36-19-25-16-26(20-36)18-27(17-25)21-36/h3-5,10,15,24-30,41H,6-9,11-14,16-23H2,1-2H3,(H,44,45)/p-1. The summed E-state index contributed by atoms with van der Waals surface area (Å²) in [6, 6.07) is 6.69. The number of carbonyl (C=O) groups is 2. The molecule has 2 atom stereocenters. The molecule has 1 N–H and O–H groups in total. The summed E-state index contributed by atoms with van der Waals surface area (Å²) in [5.41, 5.74) is 0.459. The Morgan fingerprint density at radius 2 is 1.53 bits per heavy atom. The summed E-state index contributed by atoms with van der Waals surface area (Å²) in [5.74, 6) is 4.53. The zero-order chi connectivity index (χ0) is 32.9. The van der Waals surface area contributed by atoms with Crippen molar-refractivity contribution < 1.29 is 28.2 Å². The number of ether oxygens (including phenoxy) is 1. The lowest BCUT2D eigenvalue weighted by Crippen LogP contribution is -2.56. The van der Waals surface area contributed by atoms with Gasteiger partial charge in [0.05, 0.1) is 28.7 Å². The highest BCUT2D eigenvalue weighted by Gasteiger charge is 2.55. The minimum absolute atomic E-state index is 0.0204. The highest BCUT2D eigenvalue weighted by atomic mass is 32.2. The molecule has 4 bridgehead atoms. The minimum Gasteiger partial charge on any atom is -0.755 e. The largest absolute Gasteiger partial charge is 0.755 e. The van der Waals surface area contributed by atoms with Gasteiger partial charge in [0, 0.05) is 43.8 Å². The molecule has 3 amide bonds. The smallest absolute Gasteiger partial charge is 0.320 e. The third-order valence-corrected chi connectivity index (χ3v) is 13.0. The van der Waals surface area contributed by atoms with Gasteiger partial charge in [-0.3, -0.25) is 13.0 Å². The predicted molar refractivity (Wildman–Crippen MR) is 179 cm³/mol. The molecule has 6 aliphatic rings. The maximum Gasteiger partial charge on any atom is 0.320 e. The number of fused-ring (bicyclic) bond motifs is 1. The van der Waals surface area contributed by atoms with Crippen LogP contribution in [0.3, 0.4) is 0 Å². The van der Waals surface area contributed by atoms with Crippen LogP contribution in [0.25, 0.3) is 10.9 Å². The highest BCUT2D eigenvalue weighted by molar-refractivity contribution is 7.77. The van der Waals surface area contributed by atoms with Gasteiger partial charge in [-0.25, -0.2) is 4.79 Å². The molecule has 258 valence electrons. The lowest BCUT2D eigenvalue weighted by molar-refractivity contribution is -0.159.